The van der Waals surface area contributed by atoms with E-state index >= 15 is 0 Å². The Bertz CT molecular complexity index is 956. The number of carbonyl (C=O) groups is 1. The lowest BCUT2D eigenvalue weighted by molar-refractivity contribution is -0.134. The Morgan fingerprint density at radius 3 is 3.00 bits per heavy atom. The lowest BCUT2D eigenvalue weighted by Crippen LogP contribution is -2.34. The second-order valence-electron chi connectivity index (χ2n) is 7.42. The van der Waals surface area contributed by atoms with E-state index in [4.69, 9.17) is 13.6 Å². The molecule has 1 saturated heterocycles. The maximum absolute atomic E-state index is 12.7. The quantitative estimate of drug-likeness (QED) is 0.675. The van der Waals surface area contributed by atoms with Crippen LogP contribution in [0.3, 0.4) is 0 Å². The molecule has 1 atom stereocenters. The molecule has 2 aliphatic rings. The van der Waals surface area contributed by atoms with Crippen LogP contribution >= 0.6 is 0 Å². The molecule has 140 valence electrons. The second kappa shape index (κ2) is 6.80. The van der Waals surface area contributed by atoms with Crippen LogP contribution in [0.25, 0.3) is 11.0 Å². The van der Waals surface area contributed by atoms with Crippen LogP contribution in [0.4, 0.5) is 0 Å². The Kier molecular flexibility index (Phi) is 4.15. The minimum atomic E-state index is 0.00298. The van der Waals surface area contributed by atoms with Crippen molar-refractivity contribution in [3.63, 3.8) is 0 Å². The maximum atomic E-state index is 12.7. The second-order valence-corrected chi connectivity index (χ2v) is 7.42. The molecular formula is C22H23NO4. The third-order valence-corrected chi connectivity index (χ3v) is 5.73. The van der Waals surface area contributed by atoms with Crippen LogP contribution in [0.15, 0.2) is 45.4 Å². The van der Waals surface area contributed by atoms with Crippen molar-refractivity contribution in [1.29, 1.82) is 0 Å². The summed E-state index contributed by atoms with van der Waals surface area (Å²) < 4.78 is 17.3. The molecule has 1 aromatic carbocycles. The number of ether oxygens (including phenoxy) is 1. The summed E-state index contributed by atoms with van der Waals surface area (Å²) >= 11 is 0. The van der Waals surface area contributed by atoms with Gasteiger partial charge in [-0.3, -0.25) is 4.79 Å². The molecule has 5 nitrogen and oxygen atoms in total. The lowest BCUT2D eigenvalue weighted by Gasteiger charge is -2.23. The van der Waals surface area contributed by atoms with Gasteiger partial charge < -0.3 is 18.5 Å². The molecule has 1 fully saturated rings. The van der Waals surface area contributed by atoms with Gasteiger partial charge in [-0.25, -0.2) is 0 Å². The fourth-order valence-corrected chi connectivity index (χ4v) is 4.40. The average molecular weight is 365 g/mol. The molecule has 0 saturated carbocycles. The first-order valence-corrected chi connectivity index (χ1v) is 9.79. The van der Waals surface area contributed by atoms with Crippen LogP contribution in [-0.2, 0) is 17.6 Å². The van der Waals surface area contributed by atoms with E-state index in [1.807, 2.05) is 35.2 Å². The Balaban J connectivity index is 1.30. The molecule has 1 aliphatic heterocycles. The van der Waals surface area contributed by atoms with E-state index in [1.54, 1.807) is 6.26 Å². The summed E-state index contributed by atoms with van der Waals surface area (Å²) in [6.07, 6.45) is 8.06. The van der Waals surface area contributed by atoms with E-state index in [0.717, 1.165) is 60.5 Å². The molecule has 1 amide bonds. The molecule has 2 aromatic heterocycles. The number of rotatable bonds is 4. The van der Waals surface area contributed by atoms with Crippen LogP contribution in [0.2, 0.25) is 0 Å². The van der Waals surface area contributed by atoms with E-state index in [0.29, 0.717) is 0 Å². The van der Waals surface area contributed by atoms with Gasteiger partial charge in [0.15, 0.2) is 6.61 Å². The zero-order chi connectivity index (χ0) is 18.2. The van der Waals surface area contributed by atoms with Crippen molar-refractivity contribution in [3.05, 3.63) is 53.7 Å². The van der Waals surface area contributed by atoms with Gasteiger partial charge in [0.1, 0.15) is 22.9 Å². The summed E-state index contributed by atoms with van der Waals surface area (Å²) in [5.74, 6) is 2.69. The first-order chi connectivity index (χ1) is 13.3. The number of furan rings is 2. The predicted molar refractivity (Wildman–Crippen MR) is 101 cm³/mol. The third kappa shape index (κ3) is 3.01. The summed E-state index contributed by atoms with van der Waals surface area (Å²) in [7, 11) is 0. The number of aryl methyl sites for hydroxylation is 2. The highest BCUT2D eigenvalue weighted by Crippen LogP contribution is 2.35. The predicted octanol–water partition coefficient (Wildman–Crippen LogP) is 4.65. The maximum Gasteiger partial charge on any atom is 0.261 e. The number of hydrogen-bond acceptors (Lipinski definition) is 4. The van der Waals surface area contributed by atoms with Crippen LogP contribution in [0.5, 0.6) is 5.75 Å². The minimum Gasteiger partial charge on any atom is -0.484 e. The highest BCUT2D eigenvalue weighted by Gasteiger charge is 2.31. The van der Waals surface area contributed by atoms with E-state index < -0.39 is 0 Å². The molecule has 0 radical (unpaired) electrons. The molecule has 1 unspecified atom stereocenters. The molecule has 5 rings (SSSR count). The van der Waals surface area contributed by atoms with Crippen LogP contribution in [0.1, 0.15) is 48.8 Å². The minimum absolute atomic E-state index is 0.00298. The monoisotopic (exact) mass is 365 g/mol. The fraction of sp³-hybridized carbons (Fsp3) is 0.409. The number of amides is 1. The average Bonchev–Trinajstić information content (AvgIpc) is 3.44. The SMILES string of the molecule is O=C(COc1ccc2oc3c(c2c1)CCCC3)N1CCCC1c1ccco1. The van der Waals surface area contributed by atoms with Crippen molar-refractivity contribution in [1.82, 2.24) is 4.90 Å². The molecule has 1 aliphatic carbocycles. The van der Waals surface area contributed by atoms with Gasteiger partial charge in [0, 0.05) is 23.9 Å². The molecular weight excluding hydrogens is 342 g/mol. The number of benzene rings is 1. The number of hydrogen-bond donors (Lipinski definition) is 0. The number of likely N-dealkylation sites (tertiary alicyclic amines) is 1. The van der Waals surface area contributed by atoms with Gasteiger partial charge in [-0.2, -0.15) is 0 Å². The van der Waals surface area contributed by atoms with Crippen LogP contribution in [0, 0.1) is 0 Å². The van der Waals surface area contributed by atoms with Gasteiger partial charge in [-0.15, -0.1) is 0 Å². The van der Waals surface area contributed by atoms with Gasteiger partial charge in [-0.05, 0) is 62.4 Å². The third-order valence-electron chi connectivity index (χ3n) is 5.73. The number of fused-ring (bicyclic) bond motifs is 3. The van der Waals surface area contributed by atoms with Crippen LogP contribution in [-0.4, -0.2) is 24.0 Å². The Morgan fingerprint density at radius 1 is 1.19 bits per heavy atom. The zero-order valence-corrected chi connectivity index (χ0v) is 15.3. The van der Waals surface area contributed by atoms with Gasteiger partial charge in [0.25, 0.3) is 5.91 Å². The van der Waals surface area contributed by atoms with Crippen molar-refractivity contribution in [3.8, 4) is 5.75 Å². The lowest BCUT2D eigenvalue weighted by atomic mass is 9.96. The zero-order valence-electron chi connectivity index (χ0n) is 15.3. The van der Waals surface area contributed by atoms with Gasteiger partial charge in [0.05, 0.1) is 12.3 Å². The molecule has 0 bridgehead atoms. The van der Waals surface area contributed by atoms with Crippen molar-refractivity contribution in [2.75, 3.05) is 13.2 Å². The largest absolute Gasteiger partial charge is 0.484 e. The molecule has 27 heavy (non-hydrogen) atoms. The van der Waals surface area contributed by atoms with Gasteiger partial charge in [0.2, 0.25) is 0 Å². The number of carbonyl (C=O) groups excluding carboxylic acids is 1. The molecule has 5 heteroatoms. The summed E-state index contributed by atoms with van der Waals surface area (Å²) in [6.45, 7) is 0.796. The number of nitrogens with zero attached hydrogens (tertiary/aromatic N) is 1. The van der Waals surface area contributed by atoms with Crippen molar-refractivity contribution in [2.45, 2.75) is 44.6 Å². The smallest absolute Gasteiger partial charge is 0.261 e. The van der Waals surface area contributed by atoms with Gasteiger partial charge in [-0.1, -0.05) is 0 Å². The highest BCUT2D eigenvalue weighted by molar-refractivity contribution is 5.84. The molecule has 3 aromatic rings. The highest BCUT2D eigenvalue weighted by atomic mass is 16.5. The van der Waals surface area contributed by atoms with Gasteiger partial charge >= 0.3 is 0 Å². The Hall–Kier alpha value is -2.69. The van der Waals surface area contributed by atoms with Crippen molar-refractivity contribution < 1.29 is 18.4 Å². The van der Waals surface area contributed by atoms with E-state index in [9.17, 15) is 4.79 Å². The first-order valence-electron chi connectivity index (χ1n) is 9.79. The summed E-state index contributed by atoms with van der Waals surface area (Å²) in [5.41, 5.74) is 2.23. The molecule has 0 spiro atoms. The summed E-state index contributed by atoms with van der Waals surface area (Å²) in [4.78, 5) is 14.6. The Morgan fingerprint density at radius 2 is 2.11 bits per heavy atom. The molecule has 3 heterocycles. The normalized spacial score (nSPS) is 19.4. The first kappa shape index (κ1) is 16.5. The van der Waals surface area contributed by atoms with E-state index in [1.165, 1.54) is 18.4 Å². The Labute approximate surface area is 157 Å². The summed E-state index contributed by atoms with van der Waals surface area (Å²) in [5, 5.41) is 1.13. The van der Waals surface area contributed by atoms with Crippen molar-refractivity contribution in [2.24, 2.45) is 0 Å². The van der Waals surface area contributed by atoms with Crippen molar-refractivity contribution >= 4 is 16.9 Å². The summed E-state index contributed by atoms with van der Waals surface area (Å²) in [6, 6.07) is 9.69. The fourth-order valence-electron chi connectivity index (χ4n) is 4.40. The van der Waals surface area contributed by atoms with E-state index in [-0.39, 0.29) is 18.6 Å². The van der Waals surface area contributed by atoms with Crippen LogP contribution < -0.4 is 4.74 Å². The van der Waals surface area contributed by atoms with E-state index in [2.05, 4.69) is 0 Å². The topological polar surface area (TPSA) is 55.8 Å². The molecule has 0 N–H and O–H groups in total. The standard InChI is InChI=1S/C22H23NO4/c24-22(23-11-3-6-18(23)21-8-4-12-25-21)14-26-15-9-10-20-17(13-15)16-5-1-2-7-19(16)27-20/h4,8-10,12-13,18H,1-3,5-7,11,14H2.